The van der Waals surface area contributed by atoms with Gasteiger partial charge in [-0.25, -0.2) is 0 Å². The first kappa shape index (κ1) is 17.5. The molecule has 4 heteroatoms. The molecule has 1 aliphatic heterocycles. The Morgan fingerprint density at radius 3 is 2.36 bits per heavy atom. The fourth-order valence-electron chi connectivity index (χ4n) is 5.39. The highest BCUT2D eigenvalue weighted by atomic mass is 16.3. The van der Waals surface area contributed by atoms with Crippen molar-refractivity contribution in [3.63, 3.8) is 0 Å². The van der Waals surface area contributed by atoms with Gasteiger partial charge in [0.05, 0.1) is 18.2 Å². The molecule has 5 unspecified atom stereocenters. The van der Waals surface area contributed by atoms with Crippen molar-refractivity contribution in [3.05, 3.63) is 35.9 Å². The molecule has 25 heavy (non-hydrogen) atoms. The number of aliphatic hydroxyl groups is 2. The number of likely N-dealkylation sites (N-methyl/N-ethyl adjacent to an activating group) is 1. The lowest BCUT2D eigenvalue weighted by Crippen LogP contribution is -2.44. The van der Waals surface area contributed by atoms with Gasteiger partial charge < -0.3 is 15.5 Å². The molecule has 4 nitrogen and oxygen atoms in total. The van der Waals surface area contributed by atoms with Gasteiger partial charge in [0.1, 0.15) is 0 Å². The summed E-state index contributed by atoms with van der Waals surface area (Å²) in [5, 5.41) is 25.4. The van der Waals surface area contributed by atoms with Gasteiger partial charge >= 0.3 is 0 Å². The first-order chi connectivity index (χ1) is 12.2. The highest BCUT2D eigenvalue weighted by Crippen LogP contribution is 2.49. The largest absolute Gasteiger partial charge is 0.390 e. The molecule has 2 saturated carbocycles. The summed E-state index contributed by atoms with van der Waals surface area (Å²) in [5.74, 6) is 2.62. The highest BCUT2D eigenvalue weighted by Gasteiger charge is 2.53. The lowest BCUT2D eigenvalue weighted by atomic mass is 9.88. The van der Waals surface area contributed by atoms with E-state index in [1.165, 1.54) is 12.8 Å². The van der Waals surface area contributed by atoms with Gasteiger partial charge in [0.15, 0.2) is 0 Å². The van der Waals surface area contributed by atoms with Crippen LogP contribution in [0.25, 0.3) is 0 Å². The van der Waals surface area contributed by atoms with Crippen LogP contribution in [-0.4, -0.2) is 54.0 Å². The Morgan fingerprint density at radius 1 is 1.08 bits per heavy atom. The number of rotatable bonds is 7. The topological polar surface area (TPSA) is 55.7 Å². The molecule has 1 saturated heterocycles. The van der Waals surface area contributed by atoms with Crippen molar-refractivity contribution in [1.29, 1.82) is 0 Å². The van der Waals surface area contributed by atoms with E-state index in [-0.39, 0.29) is 12.0 Å². The average molecular weight is 344 g/mol. The van der Waals surface area contributed by atoms with E-state index in [9.17, 15) is 10.2 Å². The maximum atomic E-state index is 11.1. The number of hydrogen-bond acceptors (Lipinski definition) is 4. The highest BCUT2D eigenvalue weighted by molar-refractivity contribution is 5.21. The summed E-state index contributed by atoms with van der Waals surface area (Å²) in [7, 11) is 2.11. The number of hydrogen-bond donors (Lipinski definition) is 3. The first-order valence-electron chi connectivity index (χ1n) is 9.99. The van der Waals surface area contributed by atoms with Crippen LogP contribution in [-0.2, 0) is 0 Å². The van der Waals surface area contributed by atoms with Gasteiger partial charge in [-0.2, -0.15) is 0 Å². The van der Waals surface area contributed by atoms with Crippen molar-refractivity contribution in [3.8, 4) is 0 Å². The van der Waals surface area contributed by atoms with Crippen molar-refractivity contribution < 1.29 is 10.2 Å². The van der Waals surface area contributed by atoms with Gasteiger partial charge in [0.25, 0.3) is 0 Å². The molecule has 0 amide bonds. The summed E-state index contributed by atoms with van der Waals surface area (Å²) in [4.78, 5) is 2.29. The molecule has 0 radical (unpaired) electrons. The standard InChI is InChI=1S/C21H32N2O2/c1-23(13-18-16-11-22-12-17(16)18)19(14-7-3-2-4-8-14)21(25)20(24)15-9-5-6-10-15/h2-4,7-8,15-22,24-25H,5-6,9-13H2,1H3. The van der Waals surface area contributed by atoms with Gasteiger partial charge in [-0.1, -0.05) is 43.2 Å². The fraction of sp³-hybridized carbons (Fsp3) is 0.714. The van der Waals surface area contributed by atoms with E-state index >= 15 is 0 Å². The average Bonchev–Trinajstić information content (AvgIpc) is 3.10. The van der Waals surface area contributed by atoms with Gasteiger partial charge in [-0.3, -0.25) is 4.90 Å². The summed E-state index contributed by atoms with van der Waals surface area (Å²) < 4.78 is 0. The zero-order valence-corrected chi connectivity index (χ0v) is 15.2. The van der Waals surface area contributed by atoms with Crippen LogP contribution in [0.1, 0.15) is 37.3 Å². The Kier molecular flexibility index (Phi) is 5.14. The van der Waals surface area contributed by atoms with Crippen molar-refractivity contribution in [2.24, 2.45) is 23.7 Å². The minimum atomic E-state index is -0.729. The molecule has 1 aromatic rings. The van der Waals surface area contributed by atoms with E-state index in [0.29, 0.717) is 0 Å². The Hall–Kier alpha value is -0.940. The minimum Gasteiger partial charge on any atom is -0.390 e. The second kappa shape index (κ2) is 7.36. The van der Waals surface area contributed by atoms with E-state index in [1.807, 2.05) is 18.2 Å². The summed E-state index contributed by atoms with van der Waals surface area (Å²) in [5.41, 5.74) is 1.11. The van der Waals surface area contributed by atoms with Crippen LogP contribution in [0.5, 0.6) is 0 Å². The van der Waals surface area contributed by atoms with E-state index in [4.69, 9.17) is 0 Å². The molecule has 1 heterocycles. The first-order valence-corrected chi connectivity index (χ1v) is 9.99. The quantitative estimate of drug-likeness (QED) is 0.708. The third kappa shape index (κ3) is 3.50. The van der Waals surface area contributed by atoms with Crippen molar-refractivity contribution in [1.82, 2.24) is 10.2 Å². The Balaban J connectivity index is 1.49. The number of nitrogens with zero attached hydrogens (tertiary/aromatic N) is 1. The van der Waals surface area contributed by atoms with Crippen LogP contribution >= 0.6 is 0 Å². The van der Waals surface area contributed by atoms with Crippen LogP contribution in [0.4, 0.5) is 0 Å². The minimum absolute atomic E-state index is 0.133. The molecule has 3 N–H and O–H groups in total. The zero-order valence-electron chi connectivity index (χ0n) is 15.2. The van der Waals surface area contributed by atoms with Crippen LogP contribution in [0.15, 0.2) is 30.3 Å². The molecule has 0 bridgehead atoms. The summed E-state index contributed by atoms with van der Waals surface area (Å²) >= 11 is 0. The summed E-state index contributed by atoms with van der Waals surface area (Å²) in [6.45, 7) is 3.30. The van der Waals surface area contributed by atoms with Gasteiger partial charge in [0.2, 0.25) is 0 Å². The molecule has 5 atom stereocenters. The molecule has 4 rings (SSSR count). The lowest BCUT2D eigenvalue weighted by Gasteiger charge is -2.36. The van der Waals surface area contributed by atoms with E-state index < -0.39 is 12.2 Å². The van der Waals surface area contributed by atoms with Crippen LogP contribution in [0.3, 0.4) is 0 Å². The van der Waals surface area contributed by atoms with E-state index in [2.05, 4.69) is 29.4 Å². The molecule has 2 aliphatic carbocycles. The molecule has 3 fully saturated rings. The fourth-order valence-corrected chi connectivity index (χ4v) is 5.39. The third-order valence-corrected chi connectivity index (χ3v) is 6.94. The smallest absolute Gasteiger partial charge is 0.0997 e. The maximum absolute atomic E-state index is 11.1. The molecular weight excluding hydrogens is 312 g/mol. The Labute approximate surface area is 151 Å². The van der Waals surface area contributed by atoms with Gasteiger partial charge in [-0.15, -0.1) is 0 Å². The van der Waals surface area contributed by atoms with Crippen LogP contribution in [0.2, 0.25) is 0 Å². The number of fused-ring (bicyclic) bond motifs is 1. The normalized spacial score (nSPS) is 32.6. The maximum Gasteiger partial charge on any atom is 0.0997 e. The molecule has 1 aromatic carbocycles. The number of benzene rings is 1. The number of aliphatic hydroxyl groups excluding tert-OH is 2. The summed E-state index contributed by atoms with van der Waals surface area (Å²) in [6, 6.07) is 10.1. The van der Waals surface area contributed by atoms with Crippen LogP contribution < -0.4 is 5.32 Å². The van der Waals surface area contributed by atoms with Gasteiger partial charge in [-0.05, 0) is 62.2 Å². The van der Waals surface area contributed by atoms with Gasteiger partial charge in [0, 0.05) is 6.54 Å². The molecule has 0 spiro atoms. The Morgan fingerprint density at radius 2 is 1.72 bits per heavy atom. The SMILES string of the molecule is CN(CC1C2CNCC21)C(c1ccccc1)C(O)C(O)C1CCCC1. The predicted molar refractivity (Wildman–Crippen MR) is 99.1 cm³/mol. The molecule has 138 valence electrons. The van der Waals surface area contributed by atoms with E-state index in [0.717, 1.165) is 55.8 Å². The van der Waals surface area contributed by atoms with E-state index in [1.54, 1.807) is 0 Å². The molecule has 0 aromatic heterocycles. The number of piperidine rings is 1. The second-order valence-corrected chi connectivity index (χ2v) is 8.47. The van der Waals surface area contributed by atoms with Crippen molar-refractivity contribution in [2.75, 3.05) is 26.7 Å². The summed E-state index contributed by atoms with van der Waals surface area (Å²) in [6.07, 6.45) is 3.09. The second-order valence-electron chi connectivity index (χ2n) is 8.47. The predicted octanol–water partition coefficient (Wildman–Crippen LogP) is 2.04. The molecular formula is C21H32N2O2. The van der Waals surface area contributed by atoms with Crippen molar-refractivity contribution in [2.45, 2.75) is 43.9 Å². The molecule has 3 aliphatic rings. The monoisotopic (exact) mass is 344 g/mol. The zero-order chi connectivity index (χ0) is 17.4. The number of nitrogens with one attached hydrogen (secondary N) is 1. The third-order valence-electron chi connectivity index (χ3n) is 6.94. The van der Waals surface area contributed by atoms with Crippen LogP contribution in [0, 0.1) is 23.7 Å². The van der Waals surface area contributed by atoms with Crippen molar-refractivity contribution >= 4 is 0 Å². The lowest BCUT2D eigenvalue weighted by molar-refractivity contribution is -0.0602. The Bertz CT molecular complexity index is 550.